The first-order valence-corrected chi connectivity index (χ1v) is 8.45. The van der Waals surface area contributed by atoms with Crippen LogP contribution in [0, 0.1) is 13.8 Å². The summed E-state index contributed by atoms with van der Waals surface area (Å²) in [5, 5.41) is 1.07. The lowest BCUT2D eigenvalue weighted by atomic mass is 9.96. The summed E-state index contributed by atoms with van der Waals surface area (Å²) in [5.74, 6) is 0.281. The van der Waals surface area contributed by atoms with E-state index in [-0.39, 0.29) is 5.78 Å². The van der Waals surface area contributed by atoms with Gasteiger partial charge in [-0.25, -0.2) is 0 Å². The van der Waals surface area contributed by atoms with Crippen molar-refractivity contribution in [1.29, 1.82) is 0 Å². The number of fused-ring (bicyclic) bond motifs is 1. The Balaban J connectivity index is 1.90. The van der Waals surface area contributed by atoms with Crippen molar-refractivity contribution >= 4 is 16.7 Å². The lowest BCUT2D eigenvalue weighted by Gasteiger charge is -2.35. The van der Waals surface area contributed by atoms with Gasteiger partial charge >= 0.3 is 0 Å². The first kappa shape index (κ1) is 15.3. The molecule has 2 heterocycles. The quantitative estimate of drug-likeness (QED) is 0.840. The number of ketones is 1. The summed E-state index contributed by atoms with van der Waals surface area (Å²) in [5.41, 5.74) is 4.20. The second-order valence-electron chi connectivity index (χ2n) is 7.08. The van der Waals surface area contributed by atoms with Gasteiger partial charge in [0, 0.05) is 16.6 Å². The van der Waals surface area contributed by atoms with Crippen molar-refractivity contribution in [3.8, 4) is 0 Å². The molecule has 2 atom stereocenters. The molecule has 2 aromatic rings. The van der Waals surface area contributed by atoms with Crippen LogP contribution >= 0.6 is 0 Å². The van der Waals surface area contributed by atoms with Crippen LogP contribution < -0.4 is 4.90 Å². The number of benzene rings is 1. The zero-order chi connectivity index (χ0) is 15.9. The van der Waals surface area contributed by atoms with Crippen molar-refractivity contribution in [1.82, 2.24) is 4.98 Å². The number of likely N-dealkylation sites (tertiary alicyclic amines) is 1. The maximum Gasteiger partial charge on any atom is 0.219 e. The Morgan fingerprint density at radius 1 is 1.23 bits per heavy atom. The lowest BCUT2D eigenvalue weighted by molar-refractivity contribution is -0.943. The number of rotatable bonds is 3. The SMILES string of the molecule is Cc1ccc2c(C(=O)C[NH+]3[C@@H](C)CCC[C@@H]3C)c(C)[nH]c2c1. The molecule has 0 unspecified atom stereocenters. The monoisotopic (exact) mass is 299 g/mol. The van der Waals surface area contributed by atoms with Gasteiger partial charge in [-0.15, -0.1) is 0 Å². The van der Waals surface area contributed by atoms with Crippen LogP contribution in [0.2, 0.25) is 0 Å². The van der Waals surface area contributed by atoms with E-state index in [0.29, 0.717) is 18.6 Å². The lowest BCUT2D eigenvalue weighted by Crippen LogP contribution is -3.20. The van der Waals surface area contributed by atoms with E-state index >= 15 is 0 Å². The molecule has 1 aromatic carbocycles. The third kappa shape index (κ3) is 2.70. The van der Waals surface area contributed by atoms with Gasteiger partial charge in [0.2, 0.25) is 5.78 Å². The van der Waals surface area contributed by atoms with Crippen molar-refractivity contribution < 1.29 is 9.69 Å². The Labute approximate surface area is 132 Å². The van der Waals surface area contributed by atoms with Gasteiger partial charge in [-0.05, 0) is 58.6 Å². The number of aryl methyl sites for hydroxylation is 2. The molecule has 2 N–H and O–H groups in total. The number of H-pyrrole nitrogens is 1. The molecule has 1 fully saturated rings. The molecule has 0 radical (unpaired) electrons. The normalized spacial score (nSPS) is 23.1. The molecule has 0 saturated carbocycles. The average molecular weight is 299 g/mol. The van der Waals surface area contributed by atoms with E-state index in [4.69, 9.17) is 0 Å². The van der Waals surface area contributed by atoms with E-state index in [2.05, 4.69) is 44.0 Å². The van der Waals surface area contributed by atoms with Gasteiger partial charge in [0.25, 0.3) is 0 Å². The van der Waals surface area contributed by atoms with Crippen LogP contribution in [0.25, 0.3) is 10.9 Å². The van der Waals surface area contributed by atoms with E-state index in [1.807, 2.05) is 6.92 Å². The molecule has 0 bridgehead atoms. The van der Waals surface area contributed by atoms with Crippen LogP contribution in [0.5, 0.6) is 0 Å². The summed E-state index contributed by atoms with van der Waals surface area (Å²) in [4.78, 5) is 17.8. The van der Waals surface area contributed by atoms with Crippen molar-refractivity contribution in [3.05, 3.63) is 35.0 Å². The van der Waals surface area contributed by atoms with Crippen LogP contribution in [0.3, 0.4) is 0 Å². The summed E-state index contributed by atoms with van der Waals surface area (Å²) in [6.07, 6.45) is 3.77. The second kappa shape index (κ2) is 5.88. The molecule has 22 heavy (non-hydrogen) atoms. The van der Waals surface area contributed by atoms with Crippen LogP contribution in [-0.2, 0) is 0 Å². The van der Waals surface area contributed by atoms with Crippen molar-refractivity contribution in [3.63, 3.8) is 0 Å². The number of hydrogen-bond donors (Lipinski definition) is 2. The molecule has 1 saturated heterocycles. The van der Waals surface area contributed by atoms with Gasteiger partial charge in [0.15, 0.2) is 0 Å². The fourth-order valence-electron chi connectivity index (χ4n) is 4.01. The van der Waals surface area contributed by atoms with Crippen LogP contribution in [0.1, 0.15) is 54.7 Å². The fraction of sp³-hybridized carbons (Fsp3) is 0.526. The highest BCUT2D eigenvalue weighted by molar-refractivity contribution is 6.09. The molecular weight excluding hydrogens is 272 g/mol. The molecule has 118 valence electrons. The molecule has 0 amide bonds. The summed E-state index contributed by atoms with van der Waals surface area (Å²) < 4.78 is 0. The standard InChI is InChI=1S/C19H26N2O/c1-12-8-9-16-17(10-12)20-15(4)19(16)18(22)11-21-13(2)6-5-7-14(21)3/h8-10,13-14,20H,5-7,11H2,1-4H3/p+1/t13-,14-/m0/s1. The van der Waals surface area contributed by atoms with Gasteiger partial charge in [-0.2, -0.15) is 0 Å². The predicted molar refractivity (Wildman–Crippen MR) is 90.7 cm³/mol. The topological polar surface area (TPSA) is 37.3 Å². The van der Waals surface area contributed by atoms with Crippen LogP contribution in [0.15, 0.2) is 18.2 Å². The number of carbonyl (C=O) groups is 1. The first-order chi connectivity index (χ1) is 10.5. The van der Waals surface area contributed by atoms with E-state index < -0.39 is 0 Å². The van der Waals surface area contributed by atoms with Crippen LogP contribution in [-0.4, -0.2) is 29.4 Å². The summed E-state index contributed by atoms with van der Waals surface area (Å²) >= 11 is 0. The maximum absolute atomic E-state index is 12.9. The van der Waals surface area contributed by atoms with E-state index in [1.165, 1.54) is 29.7 Å². The van der Waals surface area contributed by atoms with Gasteiger partial charge < -0.3 is 9.88 Å². The van der Waals surface area contributed by atoms with E-state index in [9.17, 15) is 4.79 Å². The number of aromatic nitrogens is 1. The highest BCUT2D eigenvalue weighted by atomic mass is 16.1. The highest BCUT2D eigenvalue weighted by Gasteiger charge is 2.31. The molecule has 1 aliphatic heterocycles. The van der Waals surface area contributed by atoms with Gasteiger partial charge in [0.05, 0.1) is 17.6 Å². The molecule has 1 aromatic heterocycles. The molecule has 3 nitrogen and oxygen atoms in total. The summed E-state index contributed by atoms with van der Waals surface area (Å²) in [6.45, 7) is 9.27. The number of piperidine rings is 1. The zero-order valence-corrected chi connectivity index (χ0v) is 14.1. The van der Waals surface area contributed by atoms with Crippen LogP contribution in [0.4, 0.5) is 0 Å². The zero-order valence-electron chi connectivity index (χ0n) is 14.1. The Morgan fingerprint density at radius 3 is 2.59 bits per heavy atom. The van der Waals surface area contributed by atoms with Gasteiger partial charge in [-0.1, -0.05) is 12.1 Å². The van der Waals surface area contributed by atoms with E-state index in [1.54, 1.807) is 0 Å². The largest absolute Gasteiger partial charge is 0.358 e. The van der Waals surface area contributed by atoms with E-state index in [0.717, 1.165) is 22.2 Å². The van der Waals surface area contributed by atoms with Gasteiger partial charge in [-0.3, -0.25) is 4.79 Å². The van der Waals surface area contributed by atoms with Crippen molar-refractivity contribution in [2.45, 2.75) is 59.0 Å². The number of nitrogens with one attached hydrogen (secondary N) is 2. The Kier molecular flexibility index (Phi) is 4.09. The van der Waals surface area contributed by atoms with Crippen molar-refractivity contribution in [2.75, 3.05) is 6.54 Å². The Morgan fingerprint density at radius 2 is 1.91 bits per heavy atom. The summed E-state index contributed by atoms with van der Waals surface area (Å²) in [6, 6.07) is 7.46. The first-order valence-electron chi connectivity index (χ1n) is 8.45. The molecule has 3 rings (SSSR count). The number of quaternary nitrogens is 1. The average Bonchev–Trinajstić information content (AvgIpc) is 2.78. The van der Waals surface area contributed by atoms with Gasteiger partial charge in [0.1, 0.15) is 6.54 Å². The minimum Gasteiger partial charge on any atom is -0.358 e. The number of hydrogen-bond acceptors (Lipinski definition) is 1. The predicted octanol–water partition coefficient (Wildman–Crippen LogP) is 2.81. The number of Topliss-reactive ketones (excluding diaryl/α,β-unsaturated/α-hetero) is 1. The number of aromatic amines is 1. The molecule has 0 spiro atoms. The smallest absolute Gasteiger partial charge is 0.219 e. The third-order valence-electron chi connectivity index (χ3n) is 5.33. The molecule has 3 heteroatoms. The minimum absolute atomic E-state index is 0.281. The maximum atomic E-state index is 12.9. The Hall–Kier alpha value is -1.61. The summed E-state index contributed by atoms with van der Waals surface area (Å²) in [7, 11) is 0. The number of carbonyl (C=O) groups excluding carboxylic acids is 1. The second-order valence-corrected chi connectivity index (χ2v) is 7.08. The molecular formula is C19H27N2O+. The van der Waals surface area contributed by atoms with Crippen molar-refractivity contribution in [2.24, 2.45) is 0 Å². The minimum atomic E-state index is 0.281. The Bertz CT molecular complexity index is 691. The highest BCUT2D eigenvalue weighted by Crippen LogP contribution is 2.23. The third-order valence-corrected chi connectivity index (χ3v) is 5.33. The molecule has 1 aliphatic rings. The molecule has 0 aliphatic carbocycles. The fourth-order valence-corrected chi connectivity index (χ4v) is 4.01.